The van der Waals surface area contributed by atoms with E-state index < -0.39 is 0 Å². The smallest absolute Gasteiger partial charge is 0.262 e. The molecule has 1 aromatic carbocycles. The van der Waals surface area contributed by atoms with Gasteiger partial charge in [0.15, 0.2) is 0 Å². The lowest BCUT2D eigenvalue weighted by molar-refractivity contribution is 0.0931. The van der Waals surface area contributed by atoms with Gasteiger partial charge >= 0.3 is 0 Å². The van der Waals surface area contributed by atoms with Crippen LogP contribution in [0.2, 0.25) is 0 Å². The highest BCUT2D eigenvalue weighted by molar-refractivity contribution is 9.10. The molecule has 2 heterocycles. The summed E-state index contributed by atoms with van der Waals surface area (Å²) < 4.78 is 2.50. The number of fused-ring (bicyclic) bond motifs is 1. The monoisotopic (exact) mass is 445 g/mol. The number of rotatable bonds is 4. The van der Waals surface area contributed by atoms with E-state index in [0.29, 0.717) is 27.2 Å². The third-order valence-corrected chi connectivity index (χ3v) is 7.24. The molecule has 0 saturated heterocycles. The van der Waals surface area contributed by atoms with Crippen LogP contribution in [-0.2, 0) is 12.5 Å². The number of nitrogens with zero attached hydrogens (tertiary/aromatic N) is 2. The molecule has 0 spiro atoms. The Labute approximate surface area is 169 Å². The summed E-state index contributed by atoms with van der Waals surface area (Å²) in [6.45, 7) is 2.42. The number of hydrogen-bond acceptors (Lipinski definition) is 4. The fourth-order valence-corrected chi connectivity index (χ4v) is 5.20. The zero-order chi connectivity index (χ0) is 19.2. The number of carbonyl (C=O) groups is 1. The van der Waals surface area contributed by atoms with Crippen molar-refractivity contribution >= 4 is 43.4 Å². The average molecular weight is 446 g/mol. The van der Waals surface area contributed by atoms with Crippen LogP contribution in [0.1, 0.15) is 40.1 Å². The molecule has 1 amide bonds. The zero-order valence-electron chi connectivity index (χ0n) is 15.2. The molecule has 1 N–H and O–H groups in total. The lowest BCUT2D eigenvalue weighted by Crippen LogP contribution is -2.45. The fourth-order valence-electron chi connectivity index (χ4n) is 3.74. The lowest BCUT2D eigenvalue weighted by atomic mass is 9.64. The van der Waals surface area contributed by atoms with Gasteiger partial charge in [0.2, 0.25) is 0 Å². The lowest BCUT2D eigenvalue weighted by Gasteiger charge is -2.42. The minimum absolute atomic E-state index is 0.00158. The van der Waals surface area contributed by atoms with E-state index in [1.165, 1.54) is 34.2 Å². The van der Waals surface area contributed by atoms with E-state index in [9.17, 15) is 9.59 Å². The Morgan fingerprint density at radius 2 is 2.19 bits per heavy atom. The van der Waals surface area contributed by atoms with Gasteiger partial charge < -0.3 is 9.88 Å². The van der Waals surface area contributed by atoms with Crippen LogP contribution in [0.5, 0.6) is 0 Å². The number of aryl methyl sites for hydroxylation is 2. The molecule has 0 atom stereocenters. The van der Waals surface area contributed by atoms with Crippen molar-refractivity contribution in [2.24, 2.45) is 7.05 Å². The Hall–Kier alpha value is -1.99. The number of benzene rings is 1. The highest BCUT2D eigenvalue weighted by atomic mass is 79.9. The van der Waals surface area contributed by atoms with Crippen LogP contribution in [0.15, 0.2) is 39.9 Å². The van der Waals surface area contributed by atoms with E-state index in [2.05, 4.69) is 38.4 Å². The molecule has 1 aliphatic carbocycles. The van der Waals surface area contributed by atoms with E-state index >= 15 is 0 Å². The Morgan fingerprint density at radius 1 is 1.41 bits per heavy atom. The second kappa shape index (κ2) is 6.87. The first-order valence-electron chi connectivity index (χ1n) is 8.90. The van der Waals surface area contributed by atoms with E-state index in [-0.39, 0.29) is 16.9 Å². The van der Waals surface area contributed by atoms with E-state index in [0.717, 1.165) is 17.3 Å². The summed E-state index contributed by atoms with van der Waals surface area (Å²) in [7, 11) is 1.67. The van der Waals surface area contributed by atoms with Gasteiger partial charge in [0.25, 0.3) is 11.5 Å². The van der Waals surface area contributed by atoms with Crippen molar-refractivity contribution < 1.29 is 4.79 Å². The maximum Gasteiger partial charge on any atom is 0.262 e. The number of carbonyl (C=O) groups excluding carboxylic acids is 1. The molecule has 3 aromatic rings. The van der Waals surface area contributed by atoms with Crippen molar-refractivity contribution in [2.75, 3.05) is 6.54 Å². The number of amides is 1. The van der Waals surface area contributed by atoms with Crippen LogP contribution < -0.4 is 10.9 Å². The molecule has 0 radical (unpaired) electrons. The second-order valence-corrected chi connectivity index (χ2v) is 9.14. The van der Waals surface area contributed by atoms with Crippen molar-refractivity contribution in [3.8, 4) is 0 Å². The van der Waals surface area contributed by atoms with Gasteiger partial charge in [-0.3, -0.25) is 9.59 Å². The molecule has 0 unspecified atom stereocenters. The largest absolute Gasteiger partial charge is 0.350 e. The highest BCUT2D eigenvalue weighted by Crippen LogP contribution is 2.44. The van der Waals surface area contributed by atoms with Gasteiger partial charge in [-0.1, -0.05) is 34.5 Å². The molecule has 1 aliphatic rings. The van der Waals surface area contributed by atoms with Gasteiger partial charge in [0, 0.05) is 23.5 Å². The van der Waals surface area contributed by atoms with Crippen LogP contribution in [0.4, 0.5) is 0 Å². The molecule has 5 nitrogen and oxygen atoms in total. The Balaban J connectivity index is 1.59. The molecular formula is C20H20BrN3O2S. The van der Waals surface area contributed by atoms with Crippen molar-refractivity contribution in [2.45, 2.75) is 31.6 Å². The van der Waals surface area contributed by atoms with E-state index in [4.69, 9.17) is 0 Å². The van der Waals surface area contributed by atoms with Crippen LogP contribution in [0.25, 0.3) is 10.2 Å². The summed E-state index contributed by atoms with van der Waals surface area (Å²) in [5, 5.41) is 3.66. The summed E-state index contributed by atoms with van der Waals surface area (Å²) in [5.41, 5.74) is 1.86. The van der Waals surface area contributed by atoms with Crippen molar-refractivity contribution in [1.29, 1.82) is 0 Å². The zero-order valence-corrected chi connectivity index (χ0v) is 17.6. The summed E-state index contributed by atoms with van der Waals surface area (Å²) >= 11 is 4.83. The maximum absolute atomic E-state index is 12.9. The Kier molecular flexibility index (Phi) is 4.68. The van der Waals surface area contributed by atoms with Gasteiger partial charge in [-0.25, -0.2) is 4.98 Å². The number of nitrogens with one attached hydrogen (secondary N) is 1. The minimum atomic E-state index is -0.126. The van der Waals surface area contributed by atoms with Crippen LogP contribution in [0.3, 0.4) is 0 Å². The number of halogens is 1. The van der Waals surface area contributed by atoms with Crippen LogP contribution >= 0.6 is 27.3 Å². The first-order chi connectivity index (χ1) is 12.9. The summed E-state index contributed by atoms with van der Waals surface area (Å²) in [4.78, 5) is 30.7. The molecule has 1 fully saturated rings. The maximum atomic E-state index is 12.9. The number of thiophene rings is 1. The third-order valence-electron chi connectivity index (χ3n) is 5.55. The highest BCUT2D eigenvalue weighted by Gasteiger charge is 2.39. The van der Waals surface area contributed by atoms with Crippen LogP contribution in [0, 0.1) is 6.92 Å². The molecule has 0 aliphatic heterocycles. The molecular weight excluding hydrogens is 426 g/mol. The summed E-state index contributed by atoms with van der Waals surface area (Å²) in [6.07, 6.45) is 4.80. The molecule has 4 rings (SSSR count). The van der Waals surface area contributed by atoms with Crippen molar-refractivity contribution in [3.63, 3.8) is 0 Å². The standard InChI is InChI=1S/C20H20BrN3O2S/c1-12-15-18(23-11-24(2)19(15)26)27-16(12)17(25)22-10-20(7-4-8-20)13-5-3-6-14(21)9-13/h3,5-6,9,11H,4,7-8,10H2,1-2H3,(H,22,25). The normalized spacial score (nSPS) is 15.5. The SMILES string of the molecule is Cc1c(C(=O)NCC2(c3cccc(Br)c3)CCC2)sc2ncn(C)c(=O)c12. The third kappa shape index (κ3) is 3.12. The van der Waals surface area contributed by atoms with Gasteiger partial charge in [0.1, 0.15) is 4.83 Å². The van der Waals surface area contributed by atoms with Gasteiger partial charge in [-0.05, 0) is 43.0 Å². The predicted octanol–water partition coefficient (Wildman–Crippen LogP) is 3.92. The molecule has 140 valence electrons. The quantitative estimate of drug-likeness (QED) is 0.661. The first kappa shape index (κ1) is 18.4. The summed E-state index contributed by atoms with van der Waals surface area (Å²) in [5.74, 6) is -0.126. The van der Waals surface area contributed by atoms with Gasteiger partial charge in [-0.15, -0.1) is 11.3 Å². The summed E-state index contributed by atoms with van der Waals surface area (Å²) in [6, 6.07) is 8.33. The minimum Gasteiger partial charge on any atom is -0.350 e. The van der Waals surface area contributed by atoms with E-state index in [1.807, 2.05) is 19.1 Å². The Bertz CT molecular complexity index is 1100. The molecule has 7 heteroatoms. The van der Waals surface area contributed by atoms with Crippen molar-refractivity contribution in [1.82, 2.24) is 14.9 Å². The second-order valence-electron chi connectivity index (χ2n) is 7.22. The molecule has 2 aromatic heterocycles. The van der Waals surface area contributed by atoms with Crippen molar-refractivity contribution in [3.05, 3.63) is 61.4 Å². The number of aromatic nitrogens is 2. The fraction of sp³-hybridized carbons (Fsp3) is 0.350. The van der Waals surface area contributed by atoms with Gasteiger partial charge in [-0.2, -0.15) is 0 Å². The topological polar surface area (TPSA) is 64.0 Å². The molecule has 0 bridgehead atoms. The first-order valence-corrected chi connectivity index (χ1v) is 10.5. The molecule has 27 heavy (non-hydrogen) atoms. The predicted molar refractivity (Wildman–Crippen MR) is 112 cm³/mol. The molecule has 1 saturated carbocycles. The van der Waals surface area contributed by atoms with Gasteiger partial charge in [0.05, 0.1) is 16.6 Å². The Morgan fingerprint density at radius 3 is 2.85 bits per heavy atom. The van der Waals surface area contributed by atoms with Crippen LogP contribution in [-0.4, -0.2) is 22.0 Å². The van der Waals surface area contributed by atoms with E-state index in [1.54, 1.807) is 7.05 Å². The number of hydrogen-bond donors (Lipinski definition) is 1. The average Bonchev–Trinajstić information content (AvgIpc) is 2.94.